The maximum absolute atomic E-state index is 5.34. The second-order valence-corrected chi connectivity index (χ2v) is 18.0. The normalized spacial score (nSPS) is 12.3. The second kappa shape index (κ2) is 13.5. The molecule has 8 aromatic carbocycles. The molecule has 0 atom stereocenters. The van der Waals surface area contributed by atoms with Gasteiger partial charge in [0.2, 0.25) is 0 Å². The molecule has 2 heterocycles. The molecule has 0 aliphatic heterocycles. The average Bonchev–Trinajstić information content (AvgIpc) is 3.24. The van der Waals surface area contributed by atoms with Gasteiger partial charge in [0.1, 0.15) is 0 Å². The zero-order valence-electron chi connectivity index (χ0n) is 34.1. The van der Waals surface area contributed by atoms with Crippen LogP contribution in [-0.4, -0.2) is 9.97 Å². The Kier molecular flexibility index (Phi) is 8.32. The summed E-state index contributed by atoms with van der Waals surface area (Å²) in [6, 6.07) is 62.3. The highest BCUT2D eigenvalue weighted by atomic mass is 14.7. The van der Waals surface area contributed by atoms with E-state index in [1.807, 2.05) is 0 Å². The monoisotopic (exact) mass is 746 g/mol. The van der Waals surface area contributed by atoms with Crippen LogP contribution in [0, 0.1) is 0 Å². The van der Waals surface area contributed by atoms with Crippen LogP contribution < -0.4 is 0 Å². The highest BCUT2D eigenvalue weighted by Crippen LogP contribution is 2.36. The third-order valence-corrected chi connectivity index (χ3v) is 12.0. The Labute approximate surface area is 340 Å². The Morgan fingerprint density at radius 1 is 0.276 bits per heavy atom. The summed E-state index contributed by atoms with van der Waals surface area (Å²) in [6.07, 6.45) is 0. The summed E-state index contributed by atoms with van der Waals surface area (Å²) in [5.41, 5.74) is 13.9. The minimum Gasteiger partial charge on any atom is -0.247 e. The molecule has 0 N–H and O–H groups in total. The maximum atomic E-state index is 5.34. The Morgan fingerprint density at radius 3 is 1.02 bits per heavy atom. The van der Waals surface area contributed by atoms with E-state index in [0.717, 1.165) is 49.7 Å². The van der Waals surface area contributed by atoms with Gasteiger partial charge in [-0.2, -0.15) is 0 Å². The Balaban J connectivity index is 1.01. The highest BCUT2D eigenvalue weighted by Gasteiger charge is 2.16. The standard InChI is InChI=1S/C56H46N2/c1-55(2,3)47-25-19-35(20-26-47)42-15-11-38-9-13-40-23-29-51(57-53(40)49(38)33-42)44-17-7-37-8-18-45(32-46(37)31-44)52-30-24-41-14-10-39-12-16-43(34-50(39)54(41)58-52)36-21-27-48(28-22-36)56(4,5)6/h7-34H,1-6H3. The van der Waals surface area contributed by atoms with E-state index in [1.165, 1.54) is 60.3 Å². The van der Waals surface area contributed by atoms with Crippen LogP contribution in [0.25, 0.3) is 98.9 Å². The molecule has 2 heteroatoms. The van der Waals surface area contributed by atoms with Crippen molar-refractivity contribution >= 4 is 54.1 Å². The molecule has 280 valence electrons. The van der Waals surface area contributed by atoms with Crippen LogP contribution in [0.2, 0.25) is 0 Å². The molecule has 2 nitrogen and oxygen atoms in total. The molecule has 10 aromatic rings. The first-order valence-corrected chi connectivity index (χ1v) is 20.4. The third-order valence-electron chi connectivity index (χ3n) is 12.0. The van der Waals surface area contributed by atoms with Gasteiger partial charge >= 0.3 is 0 Å². The van der Waals surface area contributed by atoms with Crippen molar-refractivity contribution in [2.45, 2.75) is 52.4 Å². The molecule has 0 spiro atoms. The molecule has 0 fully saturated rings. The molecular formula is C56H46N2. The van der Waals surface area contributed by atoms with Gasteiger partial charge in [0.25, 0.3) is 0 Å². The molecule has 10 rings (SSSR count). The van der Waals surface area contributed by atoms with Crippen LogP contribution in [0.1, 0.15) is 52.7 Å². The van der Waals surface area contributed by atoms with Crippen molar-refractivity contribution in [2.24, 2.45) is 0 Å². The van der Waals surface area contributed by atoms with Gasteiger partial charge < -0.3 is 0 Å². The Hall–Kier alpha value is -6.64. The molecular weight excluding hydrogens is 701 g/mol. The first-order valence-electron chi connectivity index (χ1n) is 20.4. The molecule has 0 aliphatic rings. The van der Waals surface area contributed by atoms with Crippen LogP contribution in [0.15, 0.2) is 170 Å². The topological polar surface area (TPSA) is 25.8 Å². The van der Waals surface area contributed by atoms with Gasteiger partial charge in [-0.1, -0.05) is 175 Å². The van der Waals surface area contributed by atoms with Gasteiger partial charge in [0.15, 0.2) is 0 Å². The number of benzene rings is 8. The Bertz CT molecular complexity index is 3000. The quantitative estimate of drug-likeness (QED) is 0.168. The lowest BCUT2D eigenvalue weighted by Crippen LogP contribution is -2.10. The zero-order valence-corrected chi connectivity index (χ0v) is 34.1. The van der Waals surface area contributed by atoms with E-state index in [0.29, 0.717) is 0 Å². The van der Waals surface area contributed by atoms with E-state index in [-0.39, 0.29) is 10.8 Å². The number of hydrogen-bond acceptors (Lipinski definition) is 2. The summed E-state index contributed by atoms with van der Waals surface area (Å²) >= 11 is 0. The summed E-state index contributed by atoms with van der Waals surface area (Å²) in [5, 5.41) is 9.35. The molecule has 0 amide bonds. The lowest BCUT2D eigenvalue weighted by molar-refractivity contribution is 0.590. The fraction of sp³-hybridized carbons (Fsp3) is 0.143. The smallest absolute Gasteiger partial charge is 0.0788 e. The van der Waals surface area contributed by atoms with Crippen molar-refractivity contribution in [2.75, 3.05) is 0 Å². The minimum atomic E-state index is 0.122. The second-order valence-electron chi connectivity index (χ2n) is 18.0. The van der Waals surface area contributed by atoms with Crippen LogP contribution >= 0.6 is 0 Å². The molecule has 0 bridgehead atoms. The van der Waals surface area contributed by atoms with Crippen molar-refractivity contribution < 1.29 is 0 Å². The number of pyridine rings is 2. The summed E-state index contributed by atoms with van der Waals surface area (Å²) in [7, 11) is 0. The van der Waals surface area contributed by atoms with E-state index >= 15 is 0 Å². The third kappa shape index (κ3) is 6.49. The van der Waals surface area contributed by atoms with Gasteiger partial charge in [-0.25, -0.2) is 9.97 Å². The van der Waals surface area contributed by atoms with Crippen molar-refractivity contribution in [3.8, 4) is 44.8 Å². The van der Waals surface area contributed by atoms with Gasteiger partial charge in [-0.15, -0.1) is 0 Å². The summed E-state index contributed by atoms with van der Waals surface area (Å²) < 4.78 is 0. The zero-order chi connectivity index (χ0) is 39.8. The van der Waals surface area contributed by atoms with Gasteiger partial charge in [0.05, 0.1) is 22.4 Å². The van der Waals surface area contributed by atoms with E-state index in [9.17, 15) is 0 Å². The first-order chi connectivity index (χ1) is 27.9. The predicted octanol–water partition coefficient (Wildman–Crippen LogP) is 15.5. The highest BCUT2D eigenvalue weighted by molar-refractivity contribution is 6.08. The Morgan fingerprint density at radius 2 is 0.603 bits per heavy atom. The van der Waals surface area contributed by atoms with Gasteiger partial charge in [-0.05, 0) is 102 Å². The maximum Gasteiger partial charge on any atom is 0.0788 e. The van der Waals surface area contributed by atoms with Crippen molar-refractivity contribution in [3.05, 3.63) is 181 Å². The van der Waals surface area contributed by atoms with Crippen molar-refractivity contribution in [1.29, 1.82) is 0 Å². The van der Waals surface area contributed by atoms with E-state index in [1.54, 1.807) is 0 Å². The molecule has 2 aromatic heterocycles. The summed E-state index contributed by atoms with van der Waals surface area (Å²) in [6.45, 7) is 13.5. The number of rotatable bonds is 4. The molecule has 0 unspecified atom stereocenters. The van der Waals surface area contributed by atoms with Gasteiger partial charge in [-0.3, -0.25) is 0 Å². The lowest BCUT2D eigenvalue weighted by Gasteiger charge is -2.19. The van der Waals surface area contributed by atoms with Crippen LogP contribution in [0.4, 0.5) is 0 Å². The molecule has 58 heavy (non-hydrogen) atoms. The van der Waals surface area contributed by atoms with E-state index < -0.39 is 0 Å². The molecule has 0 saturated heterocycles. The SMILES string of the molecule is CC(C)(C)c1ccc(-c2ccc3ccc4ccc(-c5ccc6ccc(-c7ccc8ccc9ccc(-c%10ccc(C(C)(C)C)cc%10)cc9c8n7)cc6c5)nc4c3c2)cc1. The first kappa shape index (κ1) is 35.8. The van der Waals surface area contributed by atoms with E-state index in [2.05, 4.69) is 211 Å². The molecule has 0 saturated carbocycles. The fourth-order valence-corrected chi connectivity index (χ4v) is 8.38. The van der Waals surface area contributed by atoms with Gasteiger partial charge in [0, 0.05) is 32.7 Å². The van der Waals surface area contributed by atoms with Crippen molar-refractivity contribution in [1.82, 2.24) is 9.97 Å². The fourth-order valence-electron chi connectivity index (χ4n) is 8.38. The number of fused-ring (bicyclic) bond motifs is 7. The lowest BCUT2D eigenvalue weighted by atomic mass is 9.86. The summed E-state index contributed by atoms with van der Waals surface area (Å²) in [4.78, 5) is 10.7. The predicted molar refractivity (Wildman–Crippen MR) is 249 cm³/mol. The average molecular weight is 747 g/mol. The molecule has 0 aliphatic carbocycles. The van der Waals surface area contributed by atoms with Crippen LogP contribution in [0.3, 0.4) is 0 Å². The van der Waals surface area contributed by atoms with Crippen LogP contribution in [-0.2, 0) is 10.8 Å². The van der Waals surface area contributed by atoms with Crippen LogP contribution in [0.5, 0.6) is 0 Å². The molecule has 0 radical (unpaired) electrons. The van der Waals surface area contributed by atoms with Crippen molar-refractivity contribution in [3.63, 3.8) is 0 Å². The minimum absolute atomic E-state index is 0.122. The number of hydrogen-bond donors (Lipinski definition) is 0. The number of nitrogens with zero attached hydrogens (tertiary/aromatic N) is 2. The number of aromatic nitrogens is 2. The van der Waals surface area contributed by atoms with E-state index in [4.69, 9.17) is 9.97 Å². The largest absolute Gasteiger partial charge is 0.247 e. The summed E-state index contributed by atoms with van der Waals surface area (Å²) in [5.74, 6) is 0.